The van der Waals surface area contributed by atoms with Gasteiger partial charge in [0.25, 0.3) is 0 Å². The van der Waals surface area contributed by atoms with Crippen LogP contribution in [0.3, 0.4) is 0 Å². The maximum Gasteiger partial charge on any atom is 1.00 e. The molecule has 1 aromatic carbocycles. The Labute approximate surface area is 121 Å². The number of carboxylic acid groups (broad SMARTS) is 1. The third-order valence-corrected chi connectivity index (χ3v) is 2.70. The molecule has 2 rings (SSSR count). The second-order valence-electron chi connectivity index (χ2n) is 4.24. The van der Waals surface area contributed by atoms with Gasteiger partial charge in [-0.1, -0.05) is 18.2 Å². The van der Waals surface area contributed by atoms with Crippen LogP contribution in [0, 0.1) is 0 Å². The standard InChI is InChI=1S/C12H14N2O2.Na/c1-12(13,11(15)16)6-8-7-14-10-5-3-2-4-9(8)10;/h2-5,7,14H,6,13H2,1H3,(H,15,16);/q;+1/p-1/t12-;/m1./s1. The second kappa shape index (κ2) is 5.23. The molecular formula is C12H13N2NaO2. The summed E-state index contributed by atoms with van der Waals surface area (Å²) in [4.78, 5) is 13.9. The van der Waals surface area contributed by atoms with E-state index in [4.69, 9.17) is 5.73 Å². The first-order chi connectivity index (χ1) is 7.50. The predicted octanol–water partition coefficient (Wildman–Crippen LogP) is -2.82. The van der Waals surface area contributed by atoms with E-state index < -0.39 is 11.5 Å². The fourth-order valence-corrected chi connectivity index (χ4v) is 1.75. The number of nitrogens with two attached hydrogens (primary N) is 1. The minimum absolute atomic E-state index is 0. The van der Waals surface area contributed by atoms with Crippen molar-refractivity contribution in [2.24, 2.45) is 5.73 Å². The number of fused-ring (bicyclic) bond motifs is 1. The number of carbonyl (C=O) groups is 1. The molecule has 5 heteroatoms. The maximum atomic E-state index is 10.8. The molecule has 0 bridgehead atoms. The Morgan fingerprint density at radius 1 is 1.47 bits per heavy atom. The Balaban J connectivity index is 0.00000144. The minimum atomic E-state index is -1.34. The van der Waals surface area contributed by atoms with Crippen LogP contribution < -0.4 is 40.4 Å². The number of nitrogens with one attached hydrogen (secondary N) is 1. The zero-order valence-corrected chi connectivity index (χ0v) is 12.0. The molecule has 0 amide bonds. The summed E-state index contributed by atoms with van der Waals surface area (Å²) < 4.78 is 0. The van der Waals surface area contributed by atoms with E-state index in [0.29, 0.717) is 0 Å². The van der Waals surface area contributed by atoms with Gasteiger partial charge in [-0.25, -0.2) is 0 Å². The summed E-state index contributed by atoms with van der Waals surface area (Å²) in [6.07, 6.45) is 2.04. The molecule has 0 fully saturated rings. The molecular weight excluding hydrogens is 227 g/mol. The van der Waals surface area contributed by atoms with E-state index >= 15 is 0 Å². The van der Waals surface area contributed by atoms with Crippen LogP contribution in [0.25, 0.3) is 10.9 Å². The van der Waals surface area contributed by atoms with Crippen LogP contribution in [-0.4, -0.2) is 16.5 Å². The summed E-state index contributed by atoms with van der Waals surface area (Å²) >= 11 is 0. The van der Waals surface area contributed by atoms with E-state index in [1.165, 1.54) is 6.92 Å². The average Bonchev–Trinajstić information content (AvgIpc) is 2.61. The third kappa shape index (κ3) is 2.90. The van der Waals surface area contributed by atoms with Crippen LogP contribution in [0.15, 0.2) is 30.5 Å². The van der Waals surface area contributed by atoms with Crippen LogP contribution in [0.1, 0.15) is 12.5 Å². The minimum Gasteiger partial charge on any atom is -0.548 e. The fraction of sp³-hybridized carbons (Fsp3) is 0.250. The van der Waals surface area contributed by atoms with Crippen molar-refractivity contribution in [3.63, 3.8) is 0 Å². The number of rotatable bonds is 3. The second-order valence-corrected chi connectivity index (χ2v) is 4.24. The summed E-state index contributed by atoms with van der Waals surface area (Å²) in [5, 5.41) is 11.8. The summed E-state index contributed by atoms with van der Waals surface area (Å²) in [6.45, 7) is 1.46. The Morgan fingerprint density at radius 3 is 2.76 bits per heavy atom. The number of H-pyrrole nitrogens is 1. The summed E-state index contributed by atoms with van der Waals surface area (Å²) in [5.74, 6) is -1.24. The van der Waals surface area contributed by atoms with Crippen molar-refractivity contribution >= 4 is 16.9 Å². The van der Waals surface area contributed by atoms with Crippen LogP contribution >= 0.6 is 0 Å². The van der Waals surface area contributed by atoms with Gasteiger partial charge >= 0.3 is 29.6 Å². The Kier molecular flexibility index (Phi) is 4.38. The Morgan fingerprint density at radius 2 is 2.12 bits per heavy atom. The van der Waals surface area contributed by atoms with Crippen LogP contribution in [0.4, 0.5) is 0 Å². The molecule has 3 N–H and O–H groups in total. The molecule has 0 aliphatic rings. The van der Waals surface area contributed by atoms with Gasteiger partial charge in [-0.15, -0.1) is 0 Å². The largest absolute Gasteiger partial charge is 1.00 e. The number of aliphatic carboxylic acids is 1. The van der Waals surface area contributed by atoms with Gasteiger partial charge in [0.1, 0.15) is 0 Å². The van der Waals surface area contributed by atoms with Gasteiger partial charge in [0.05, 0.1) is 11.5 Å². The van der Waals surface area contributed by atoms with Crippen LogP contribution in [-0.2, 0) is 11.2 Å². The number of para-hydroxylation sites is 1. The Hall–Kier alpha value is -0.810. The number of benzene rings is 1. The molecule has 0 radical (unpaired) electrons. The first-order valence-electron chi connectivity index (χ1n) is 5.06. The molecule has 0 aliphatic heterocycles. The van der Waals surface area contributed by atoms with Crippen LogP contribution in [0.5, 0.6) is 0 Å². The molecule has 2 aromatic rings. The zero-order valence-electron chi connectivity index (χ0n) is 9.99. The van der Waals surface area contributed by atoms with Crippen molar-refractivity contribution in [2.75, 3.05) is 0 Å². The van der Waals surface area contributed by atoms with Crippen molar-refractivity contribution in [1.82, 2.24) is 4.98 Å². The average molecular weight is 240 g/mol. The molecule has 0 saturated heterocycles. The first kappa shape index (κ1) is 14.3. The van der Waals surface area contributed by atoms with Crippen molar-refractivity contribution in [3.05, 3.63) is 36.0 Å². The zero-order chi connectivity index (χ0) is 11.8. The summed E-state index contributed by atoms with van der Waals surface area (Å²) in [7, 11) is 0. The normalized spacial score (nSPS) is 14.0. The van der Waals surface area contributed by atoms with E-state index in [1.807, 2.05) is 24.3 Å². The third-order valence-electron chi connectivity index (χ3n) is 2.70. The molecule has 17 heavy (non-hydrogen) atoms. The SMILES string of the molecule is C[C@@](N)(Cc1c[nH]c2ccccc12)C(=O)[O-].[Na+]. The number of carboxylic acids is 1. The van der Waals surface area contributed by atoms with E-state index in [0.717, 1.165) is 16.5 Å². The molecule has 1 atom stereocenters. The number of carbonyl (C=O) groups excluding carboxylic acids is 1. The smallest absolute Gasteiger partial charge is 0.548 e. The van der Waals surface area contributed by atoms with Gasteiger partial charge in [0.2, 0.25) is 0 Å². The van der Waals surface area contributed by atoms with Gasteiger partial charge in [0.15, 0.2) is 0 Å². The molecule has 0 spiro atoms. The fourth-order valence-electron chi connectivity index (χ4n) is 1.75. The van der Waals surface area contributed by atoms with E-state index in [1.54, 1.807) is 6.20 Å². The number of hydrogen-bond donors (Lipinski definition) is 2. The van der Waals surface area contributed by atoms with E-state index in [2.05, 4.69) is 4.98 Å². The molecule has 1 aromatic heterocycles. The number of aromatic amines is 1. The van der Waals surface area contributed by atoms with E-state index in [-0.39, 0.29) is 36.0 Å². The van der Waals surface area contributed by atoms with Crippen molar-refractivity contribution in [1.29, 1.82) is 0 Å². The van der Waals surface area contributed by atoms with Gasteiger partial charge in [-0.2, -0.15) is 0 Å². The van der Waals surface area contributed by atoms with Crippen molar-refractivity contribution < 1.29 is 39.5 Å². The molecule has 0 saturated carbocycles. The summed E-state index contributed by atoms with van der Waals surface area (Å²) in [5.41, 5.74) is 6.20. The number of aromatic nitrogens is 1. The quantitative estimate of drug-likeness (QED) is 0.568. The molecule has 4 nitrogen and oxygen atoms in total. The van der Waals surface area contributed by atoms with Crippen molar-refractivity contribution in [2.45, 2.75) is 18.9 Å². The predicted molar refractivity (Wildman–Crippen MR) is 59.6 cm³/mol. The molecule has 0 unspecified atom stereocenters. The number of hydrogen-bond acceptors (Lipinski definition) is 3. The van der Waals surface area contributed by atoms with Gasteiger partial charge in [-0.05, 0) is 25.0 Å². The maximum absolute atomic E-state index is 10.8. The van der Waals surface area contributed by atoms with Gasteiger partial charge in [0, 0.05) is 17.1 Å². The van der Waals surface area contributed by atoms with Gasteiger partial charge in [-0.3, -0.25) is 0 Å². The van der Waals surface area contributed by atoms with Gasteiger partial charge < -0.3 is 20.6 Å². The topological polar surface area (TPSA) is 81.9 Å². The molecule has 0 aliphatic carbocycles. The van der Waals surface area contributed by atoms with Crippen molar-refractivity contribution in [3.8, 4) is 0 Å². The summed E-state index contributed by atoms with van der Waals surface area (Å²) in [6, 6.07) is 7.70. The monoisotopic (exact) mass is 240 g/mol. The van der Waals surface area contributed by atoms with E-state index in [9.17, 15) is 9.90 Å². The van der Waals surface area contributed by atoms with Crippen LogP contribution in [0.2, 0.25) is 0 Å². The first-order valence-corrected chi connectivity index (χ1v) is 5.06. The molecule has 1 heterocycles. The Bertz CT molecular complexity index is 534. The molecule has 84 valence electrons.